The van der Waals surface area contributed by atoms with Crippen LogP contribution in [0.15, 0.2) is 12.3 Å². The number of fused-ring (bicyclic) bond motifs is 1. The van der Waals surface area contributed by atoms with Crippen molar-refractivity contribution in [2.24, 2.45) is 5.92 Å². The van der Waals surface area contributed by atoms with Crippen molar-refractivity contribution in [2.45, 2.75) is 19.4 Å². The largest absolute Gasteiger partial charge is 0.457 e. The van der Waals surface area contributed by atoms with E-state index in [4.69, 9.17) is 16.3 Å². The predicted molar refractivity (Wildman–Crippen MR) is 58.0 cm³/mol. The molecule has 0 unspecified atom stereocenters. The number of pyridine rings is 1. The lowest BCUT2D eigenvalue weighted by Gasteiger charge is -2.17. The lowest BCUT2D eigenvalue weighted by atomic mass is 10.1. The third-order valence-corrected chi connectivity index (χ3v) is 3.09. The van der Waals surface area contributed by atoms with Crippen LogP contribution >= 0.6 is 11.6 Å². The average Bonchev–Trinajstić information content (AvgIpc) is 2.58. The Morgan fingerprint density at radius 3 is 3.12 bits per heavy atom. The van der Waals surface area contributed by atoms with E-state index in [1.54, 1.807) is 12.3 Å². The van der Waals surface area contributed by atoms with Gasteiger partial charge in [-0.05, 0) is 18.1 Å². The molecule has 0 aliphatic heterocycles. The number of hydrogen-bond acceptors (Lipinski definition) is 4. The molecule has 86 valence electrons. The van der Waals surface area contributed by atoms with Gasteiger partial charge in [-0.2, -0.15) is 0 Å². The summed E-state index contributed by atoms with van der Waals surface area (Å²) in [6.45, 7) is 1.32. The van der Waals surface area contributed by atoms with Crippen LogP contribution in [-0.4, -0.2) is 22.7 Å². The number of nitrogens with zero attached hydrogens (tertiary/aromatic N) is 1. The first-order valence-corrected chi connectivity index (χ1v) is 5.42. The summed E-state index contributed by atoms with van der Waals surface area (Å²) in [5.41, 5.74) is 1.73. The van der Waals surface area contributed by atoms with Gasteiger partial charge in [0, 0.05) is 24.6 Å². The molecule has 0 saturated heterocycles. The summed E-state index contributed by atoms with van der Waals surface area (Å²) < 4.78 is 5.21. The third-order valence-electron chi connectivity index (χ3n) is 2.77. The molecule has 2 rings (SSSR count). The Kier molecular flexibility index (Phi) is 3.12. The van der Waals surface area contributed by atoms with Gasteiger partial charge >= 0.3 is 5.97 Å². The van der Waals surface area contributed by atoms with Crippen LogP contribution in [0.2, 0.25) is 5.15 Å². The van der Waals surface area contributed by atoms with E-state index in [9.17, 15) is 9.90 Å². The first-order chi connectivity index (χ1) is 7.63. The SMILES string of the molecule is CC(=O)O[C@@H]1c2ccnc(Cl)c2C[C@H]1CO. The van der Waals surface area contributed by atoms with Crippen LogP contribution in [0.1, 0.15) is 24.2 Å². The molecule has 1 aliphatic rings. The van der Waals surface area contributed by atoms with Gasteiger partial charge in [-0.25, -0.2) is 4.98 Å². The van der Waals surface area contributed by atoms with E-state index in [1.165, 1.54) is 6.92 Å². The summed E-state index contributed by atoms with van der Waals surface area (Å²) in [5.74, 6) is -0.482. The lowest BCUT2D eigenvalue weighted by molar-refractivity contribution is -0.149. The van der Waals surface area contributed by atoms with Gasteiger partial charge in [0.15, 0.2) is 0 Å². The summed E-state index contributed by atoms with van der Waals surface area (Å²) in [6.07, 6.45) is 1.77. The molecule has 1 N–H and O–H groups in total. The van der Waals surface area contributed by atoms with Crippen LogP contribution < -0.4 is 0 Å². The summed E-state index contributed by atoms with van der Waals surface area (Å²) >= 11 is 5.96. The van der Waals surface area contributed by atoms with Gasteiger partial charge in [-0.15, -0.1) is 0 Å². The molecule has 5 heteroatoms. The van der Waals surface area contributed by atoms with Gasteiger partial charge < -0.3 is 9.84 Å². The molecule has 1 aliphatic carbocycles. The Bertz CT molecular complexity index is 422. The second kappa shape index (κ2) is 4.39. The molecule has 2 atom stereocenters. The molecular formula is C11H12ClNO3. The highest BCUT2D eigenvalue weighted by molar-refractivity contribution is 6.30. The minimum absolute atomic E-state index is 0.0387. The van der Waals surface area contributed by atoms with Gasteiger partial charge in [0.05, 0.1) is 6.61 Å². The van der Waals surface area contributed by atoms with Gasteiger partial charge in [-0.3, -0.25) is 4.79 Å². The predicted octanol–water partition coefficient (Wildman–Crippen LogP) is 1.50. The number of esters is 1. The van der Waals surface area contributed by atoms with Gasteiger partial charge in [-0.1, -0.05) is 11.6 Å². The van der Waals surface area contributed by atoms with Crippen LogP contribution in [0, 0.1) is 5.92 Å². The molecule has 0 fully saturated rings. The maximum absolute atomic E-state index is 11.0. The van der Waals surface area contributed by atoms with E-state index >= 15 is 0 Å². The standard InChI is InChI=1S/C11H12ClNO3/c1-6(15)16-10-7(5-14)4-9-8(10)2-3-13-11(9)12/h2-3,7,10,14H,4-5H2,1H3/t7-,10-/m0/s1. The smallest absolute Gasteiger partial charge is 0.303 e. The van der Waals surface area contributed by atoms with Crippen LogP contribution in [-0.2, 0) is 16.0 Å². The zero-order chi connectivity index (χ0) is 11.7. The molecule has 0 amide bonds. The van der Waals surface area contributed by atoms with Crippen molar-refractivity contribution >= 4 is 17.6 Å². The van der Waals surface area contributed by atoms with Crippen molar-refractivity contribution in [3.8, 4) is 0 Å². The summed E-state index contributed by atoms with van der Waals surface area (Å²) in [6, 6.07) is 1.78. The normalized spacial score (nSPS) is 22.9. The van der Waals surface area contributed by atoms with Gasteiger partial charge in [0.25, 0.3) is 0 Å². The molecule has 0 spiro atoms. The van der Waals surface area contributed by atoms with Crippen molar-refractivity contribution in [1.82, 2.24) is 4.98 Å². The number of carbonyl (C=O) groups excluding carboxylic acids is 1. The van der Waals surface area contributed by atoms with E-state index < -0.39 is 6.10 Å². The van der Waals surface area contributed by atoms with E-state index in [-0.39, 0.29) is 18.5 Å². The molecule has 0 saturated carbocycles. The molecule has 0 bridgehead atoms. The minimum Gasteiger partial charge on any atom is -0.457 e. The Morgan fingerprint density at radius 2 is 2.50 bits per heavy atom. The number of ether oxygens (including phenoxy) is 1. The van der Waals surface area contributed by atoms with E-state index in [0.29, 0.717) is 11.6 Å². The van der Waals surface area contributed by atoms with Gasteiger partial charge in [0.1, 0.15) is 11.3 Å². The van der Waals surface area contributed by atoms with Crippen molar-refractivity contribution in [1.29, 1.82) is 0 Å². The topological polar surface area (TPSA) is 59.4 Å². The fourth-order valence-electron chi connectivity index (χ4n) is 2.07. The zero-order valence-electron chi connectivity index (χ0n) is 8.81. The lowest BCUT2D eigenvalue weighted by Crippen LogP contribution is -2.17. The van der Waals surface area contributed by atoms with Gasteiger partial charge in [0.2, 0.25) is 0 Å². The van der Waals surface area contributed by atoms with Crippen molar-refractivity contribution in [3.05, 3.63) is 28.5 Å². The number of halogens is 1. The molecule has 16 heavy (non-hydrogen) atoms. The third kappa shape index (κ3) is 1.90. The van der Waals surface area contributed by atoms with E-state index in [0.717, 1.165) is 11.1 Å². The Labute approximate surface area is 98.2 Å². The highest BCUT2D eigenvalue weighted by atomic mass is 35.5. The molecule has 1 aromatic rings. The monoisotopic (exact) mass is 241 g/mol. The van der Waals surface area contributed by atoms with E-state index in [2.05, 4.69) is 4.98 Å². The minimum atomic E-state index is -0.405. The fraction of sp³-hybridized carbons (Fsp3) is 0.455. The number of carbonyl (C=O) groups is 1. The molecule has 0 radical (unpaired) electrons. The maximum Gasteiger partial charge on any atom is 0.303 e. The molecule has 1 aromatic heterocycles. The van der Waals surface area contributed by atoms with Crippen LogP contribution in [0.25, 0.3) is 0 Å². The number of rotatable bonds is 2. The first-order valence-electron chi connectivity index (χ1n) is 5.05. The number of aliphatic hydroxyl groups is 1. The summed E-state index contributed by atoms with van der Waals surface area (Å²) in [4.78, 5) is 15.0. The number of aromatic nitrogens is 1. The number of aliphatic hydroxyl groups excluding tert-OH is 1. The van der Waals surface area contributed by atoms with Crippen LogP contribution in [0.5, 0.6) is 0 Å². The molecule has 0 aromatic carbocycles. The second-order valence-corrected chi connectivity index (χ2v) is 4.20. The molecular weight excluding hydrogens is 230 g/mol. The summed E-state index contributed by atoms with van der Waals surface area (Å²) in [5, 5.41) is 9.68. The highest BCUT2D eigenvalue weighted by Gasteiger charge is 2.35. The summed E-state index contributed by atoms with van der Waals surface area (Å²) in [7, 11) is 0. The first kappa shape index (κ1) is 11.4. The Balaban J connectivity index is 2.37. The maximum atomic E-state index is 11.0. The quantitative estimate of drug-likeness (QED) is 0.630. The molecule has 1 heterocycles. The van der Waals surface area contributed by atoms with Crippen molar-refractivity contribution < 1.29 is 14.6 Å². The van der Waals surface area contributed by atoms with Crippen molar-refractivity contribution in [3.63, 3.8) is 0 Å². The highest BCUT2D eigenvalue weighted by Crippen LogP contribution is 2.40. The fourth-order valence-corrected chi connectivity index (χ4v) is 2.31. The Morgan fingerprint density at radius 1 is 1.75 bits per heavy atom. The number of hydrogen-bond donors (Lipinski definition) is 1. The van der Waals surface area contributed by atoms with E-state index in [1.807, 2.05) is 0 Å². The zero-order valence-corrected chi connectivity index (χ0v) is 9.57. The molecule has 4 nitrogen and oxygen atoms in total. The van der Waals surface area contributed by atoms with Crippen LogP contribution in [0.4, 0.5) is 0 Å². The Hall–Kier alpha value is -1.13. The second-order valence-electron chi connectivity index (χ2n) is 3.85. The average molecular weight is 242 g/mol. The van der Waals surface area contributed by atoms with Crippen molar-refractivity contribution in [2.75, 3.05) is 6.61 Å². The van der Waals surface area contributed by atoms with Crippen LogP contribution in [0.3, 0.4) is 0 Å².